The number of amides is 1. The van der Waals surface area contributed by atoms with Gasteiger partial charge in [0.15, 0.2) is 0 Å². The van der Waals surface area contributed by atoms with E-state index in [1.54, 1.807) is 18.0 Å². The van der Waals surface area contributed by atoms with Gasteiger partial charge in [0.2, 0.25) is 5.95 Å². The van der Waals surface area contributed by atoms with Crippen molar-refractivity contribution in [2.75, 3.05) is 30.9 Å². The topological polar surface area (TPSA) is 146 Å². The molecule has 0 aliphatic heterocycles. The maximum absolute atomic E-state index is 11.8. The lowest BCUT2D eigenvalue weighted by atomic mass is 10.2. The molecular formula is C17H22N8O2. The minimum atomic E-state index is -0.626. The van der Waals surface area contributed by atoms with Gasteiger partial charge < -0.3 is 26.8 Å². The molecule has 2 aromatic heterocycles. The minimum Gasteiger partial charge on any atom is -0.383 e. The number of nitrogens with two attached hydrogens (primary N) is 2. The van der Waals surface area contributed by atoms with Crippen molar-refractivity contribution in [2.24, 2.45) is 18.5 Å². The zero-order chi connectivity index (χ0) is 19.4. The van der Waals surface area contributed by atoms with E-state index in [1.165, 1.54) is 6.20 Å². The van der Waals surface area contributed by atoms with Crippen LogP contribution in [0.25, 0.3) is 10.9 Å². The fourth-order valence-corrected chi connectivity index (χ4v) is 2.65. The normalized spacial score (nSPS) is 12.1. The number of nitrogens with zero attached hydrogens (tertiary/aromatic N) is 4. The second kappa shape index (κ2) is 7.98. The zero-order valence-electron chi connectivity index (χ0n) is 15.1. The first kappa shape index (κ1) is 18.5. The van der Waals surface area contributed by atoms with Crippen LogP contribution in [0.2, 0.25) is 0 Å². The van der Waals surface area contributed by atoms with Gasteiger partial charge in [-0.3, -0.25) is 9.48 Å². The molecule has 10 heteroatoms. The highest BCUT2D eigenvalue weighted by atomic mass is 16.5. The van der Waals surface area contributed by atoms with Crippen molar-refractivity contribution in [1.82, 2.24) is 19.7 Å². The Hall–Kier alpha value is -3.24. The number of hydrogen-bond acceptors (Lipinski definition) is 8. The largest absolute Gasteiger partial charge is 0.383 e. The molecule has 3 rings (SSSR count). The Balaban J connectivity index is 1.90. The number of hydrogen-bond donors (Lipinski definition) is 4. The maximum atomic E-state index is 11.8. The molecule has 142 valence electrons. The number of methoxy groups -OCH3 is 1. The third-order valence-electron chi connectivity index (χ3n) is 4.00. The van der Waals surface area contributed by atoms with Crippen molar-refractivity contribution in [3.8, 4) is 0 Å². The maximum Gasteiger partial charge on any atom is 0.254 e. The van der Waals surface area contributed by atoms with Crippen molar-refractivity contribution in [1.29, 1.82) is 0 Å². The fourth-order valence-electron chi connectivity index (χ4n) is 2.65. The van der Waals surface area contributed by atoms with Crippen LogP contribution in [0.1, 0.15) is 10.4 Å². The van der Waals surface area contributed by atoms with Gasteiger partial charge >= 0.3 is 0 Å². The first-order valence-electron chi connectivity index (χ1n) is 8.32. The van der Waals surface area contributed by atoms with Gasteiger partial charge in [-0.15, -0.1) is 0 Å². The first-order chi connectivity index (χ1) is 13.0. The molecule has 1 amide bonds. The van der Waals surface area contributed by atoms with Crippen LogP contribution in [0.4, 0.5) is 17.5 Å². The molecule has 0 radical (unpaired) electrons. The summed E-state index contributed by atoms with van der Waals surface area (Å²) in [6.45, 7) is 0.821. The Morgan fingerprint density at radius 2 is 2.19 bits per heavy atom. The van der Waals surface area contributed by atoms with E-state index in [0.717, 1.165) is 16.6 Å². The highest BCUT2D eigenvalue weighted by Crippen LogP contribution is 2.27. The molecule has 0 aliphatic carbocycles. The van der Waals surface area contributed by atoms with Gasteiger partial charge in [0.1, 0.15) is 11.4 Å². The highest BCUT2D eigenvalue weighted by Gasteiger charge is 2.15. The number of rotatable bonds is 8. The summed E-state index contributed by atoms with van der Waals surface area (Å²) in [4.78, 5) is 20.3. The zero-order valence-corrected chi connectivity index (χ0v) is 15.1. The van der Waals surface area contributed by atoms with Gasteiger partial charge in [0.25, 0.3) is 5.91 Å². The van der Waals surface area contributed by atoms with Crippen molar-refractivity contribution in [3.05, 3.63) is 36.2 Å². The van der Waals surface area contributed by atoms with Crippen LogP contribution in [0, 0.1) is 0 Å². The molecule has 0 bridgehead atoms. The van der Waals surface area contributed by atoms with E-state index in [1.807, 2.05) is 25.2 Å². The average Bonchev–Trinajstić information content (AvgIpc) is 3.02. The van der Waals surface area contributed by atoms with Gasteiger partial charge in [-0.05, 0) is 12.1 Å². The number of aromatic nitrogens is 4. The van der Waals surface area contributed by atoms with E-state index >= 15 is 0 Å². The number of anilines is 3. The Labute approximate surface area is 155 Å². The van der Waals surface area contributed by atoms with E-state index in [9.17, 15) is 4.79 Å². The van der Waals surface area contributed by atoms with Gasteiger partial charge in [-0.1, -0.05) is 6.07 Å². The second-order valence-corrected chi connectivity index (χ2v) is 6.05. The quantitative estimate of drug-likeness (QED) is 0.451. The van der Waals surface area contributed by atoms with E-state index in [0.29, 0.717) is 24.9 Å². The predicted octanol–water partition coefficient (Wildman–Crippen LogP) is 0.591. The Morgan fingerprint density at radius 1 is 1.37 bits per heavy atom. The smallest absolute Gasteiger partial charge is 0.254 e. The SMILES string of the molecule is COC[C@H](N)CNc1ncc(C(N)=O)c(Nc2cccc3c2cnn3C)n1. The lowest BCUT2D eigenvalue weighted by molar-refractivity contribution is 0.100. The summed E-state index contributed by atoms with van der Waals surface area (Å²) in [6, 6.07) is 5.50. The summed E-state index contributed by atoms with van der Waals surface area (Å²) >= 11 is 0. The van der Waals surface area contributed by atoms with Gasteiger partial charge in [-0.25, -0.2) is 4.98 Å². The monoisotopic (exact) mass is 370 g/mol. The number of carbonyl (C=O) groups is 1. The van der Waals surface area contributed by atoms with Gasteiger partial charge in [0, 0.05) is 38.3 Å². The first-order valence-corrected chi connectivity index (χ1v) is 8.32. The summed E-state index contributed by atoms with van der Waals surface area (Å²) < 4.78 is 6.76. The fraction of sp³-hybridized carbons (Fsp3) is 0.294. The number of nitrogens with one attached hydrogen (secondary N) is 2. The van der Waals surface area contributed by atoms with Crippen molar-refractivity contribution in [3.63, 3.8) is 0 Å². The van der Waals surface area contributed by atoms with E-state index in [-0.39, 0.29) is 11.6 Å². The summed E-state index contributed by atoms with van der Waals surface area (Å²) in [7, 11) is 3.44. The average molecular weight is 370 g/mol. The van der Waals surface area contributed by atoms with Crippen LogP contribution < -0.4 is 22.1 Å². The van der Waals surface area contributed by atoms with Crippen molar-refractivity contribution in [2.45, 2.75) is 6.04 Å². The molecule has 3 aromatic rings. The number of carbonyl (C=O) groups excluding carboxylic acids is 1. The minimum absolute atomic E-state index is 0.183. The number of primary amides is 1. The number of aryl methyl sites for hydroxylation is 1. The molecule has 6 N–H and O–H groups in total. The summed E-state index contributed by atoms with van der Waals surface area (Å²) in [5, 5.41) is 11.3. The molecule has 1 aromatic carbocycles. The molecule has 0 fully saturated rings. The molecular weight excluding hydrogens is 348 g/mol. The molecule has 0 spiro atoms. The molecule has 27 heavy (non-hydrogen) atoms. The van der Waals surface area contributed by atoms with Gasteiger partial charge in [-0.2, -0.15) is 10.1 Å². The van der Waals surface area contributed by atoms with Crippen molar-refractivity contribution < 1.29 is 9.53 Å². The van der Waals surface area contributed by atoms with Crippen LogP contribution in [-0.2, 0) is 11.8 Å². The molecule has 10 nitrogen and oxygen atoms in total. The second-order valence-electron chi connectivity index (χ2n) is 6.05. The van der Waals surface area contributed by atoms with Crippen LogP contribution in [0.3, 0.4) is 0 Å². The third-order valence-corrected chi connectivity index (χ3v) is 4.00. The van der Waals surface area contributed by atoms with E-state index in [4.69, 9.17) is 16.2 Å². The lowest BCUT2D eigenvalue weighted by Gasteiger charge is -2.14. The van der Waals surface area contributed by atoms with E-state index < -0.39 is 5.91 Å². The third kappa shape index (κ3) is 4.13. The van der Waals surface area contributed by atoms with Crippen molar-refractivity contribution >= 4 is 34.3 Å². The van der Waals surface area contributed by atoms with Crippen LogP contribution in [0.5, 0.6) is 0 Å². The van der Waals surface area contributed by atoms with Gasteiger partial charge in [0.05, 0.1) is 24.0 Å². The predicted molar refractivity (Wildman–Crippen MR) is 103 cm³/mol. The summed E-state index contributed by atoms with van der Waals surface area (Å²) in [5.41, 5.74) is 13.2. The molecule has 0 unspecified atom stereocenters. The van der Waals surface area contributed by atoms with Crippen LogP contribution in [-0.4, -0.2) is 52.0 Å². The number of fused-ring (bicyclic) bond motifs is 1. The van der Waals surface area contributed by atoms with Crippen LogP contribution in [0.15, 0.2) is 30.6 Å². The van der Waals surface area contributed by atoms with Crippen LogP contribution >= 0.6 is 0 Å². The van der Waals surface area contributed by atoms with E-state index in [2.05, 4.69) is 25.7 Å². The number of benzene rings is 1. The molecule has 1 atom stereocenters. The summed E-state index contributed by atoms with van der Waals surface area (Å²) in [5.74, 6) is 0.00239. The number of ether oxygens (including phenoxy) is 1. The molecule has 0 saturated carbocycles. The molecule has 0 saturated heterocycles. The molecule has 0 aliphatic rings. The molecule has 2 heterocycles. The summed E-state index contributed by atoms with van der Waals surface area (Å²) in [6.07, 6.45) is 3.12. The Kier molecular flexibility index (Phi) is 5.48. The highest BCUT2D eigenvalue weighted by molar-refractivity contribution is 6.00. The Morgan fingerprint density at radius 3 is 2.93 bits per heavy atom. The standard InChI is InChI=1S/C17H22N8O2/c1-25-14-5-3-4-13(11(14)8-22-25)23-16-12(15(19)26)7-21-17(24-16)20-6-10(18)9-27-2/h3-5,7-8,10H,6,9,18H2,1-2H3,(H2,19,26)(H2,20,21,23,24)/t10-/m1/s1. The lowest BCUT2D eigenvalue weighted by Crippen LogP contribution is -2.33. The Bertz CT molecular complexity index is 955.